The number of aliphatic hydroxyl groups excluding tert-OH is 1. The first-order valence-corrected chi connectivity index (χ1v) is 11.9. The normalized spacial score (nSPS) is 20.0. The molecule has 37 heavy (non-hydrogen) atoms. The minimum atomic E-state index is -1.12. The van der Waals surface area contributed by atoms with E-state index in [0.29, 0.717) is 24.5 Å². The highest BCUT2D eigenvalue weighted by Crippen LogP contribution is 2.33. The van der Waals surface area contributed by atoms with E-state index in [9.17, 15) is 23.5 Å². The van der Waals surface area contributed by atoms with Gasteiger partial charge in [-0.1, -0.05) is 6.92 Å². The SMILES string of the molecule is CC1CN(c2ccncc2NCc2ccc(F)c(-c3c(F)cc(C(C)(C)C#N)cc3F)n2)CC(N)C1O. The number of anilines is 2. The Kier molecular flexibility index (Phi) is 7.39. The van der Waals surface area contributed by atoms with Crippen LogP contribution in [0.25, 0.3) is 11.3 Å². The Morgan fingerprint density at radius 1 is 1.16 bits per heavy atom. The van der Waals surface area contributed by atoms with Crippen molar-refractivity contribution in [1.82, 2.24) is 9.97 Å². The Hall–Kier alpha value is -3.68. The van der Waals surface area contributed by atoms with Crippen molar-refractivity contribution in [3.8, 4) is 17.3 Å². The summed E-state index contributed by atoms with van der Waals surface area (Å²) >= 11 is 0. The second-order valence-corrected chi connectivity index (χ2v) is 9.97. The number of pyridine rings is 2. The summed E-state index contributed by atoms with van der Waals surface area (Å²) < 4.78 is 44.6. The molecule has 1 fully saturated rings. The molecule has 3 heterocycles. The minimum Gasteiger partial charge on any atom is -0.391 e. The summed E-state index contributed by atoms with van der Waals surface area (Å²) in [6, 6.07) is 8.05. The molecule has 3 aromatic rings. The number of nitrogens with two attached hydrogens (primary N) is 1. The first kappa shape index (κ1) is 26.4. The second-order valence-electron chi connectivity index (χ2n) is 9.97. The Balaban J connectivity index is 1.60. The number of aliphatic hydroxyl groups is 1. The molecule has 0 saturated carbocycles. The molecular weight excluding hydrogens is 481 g/mol. The van der Waals surface area contributed by atoms with Gasteiger partial charge in [0.15, 0.2) is 0 Å². The molecule has 4 N–H and O–H groups in total. The zero-order valence-corrected chi connectivity index (χ0v) is 20.8. The van der Waals surface area contributed by atoms with Gasteiger partial charge in [-0.25, -0.2) is 18.2 Å². The lowest BCUT2D eigenvalue weighted by atomic mass is 9.85. The molecule has 3 unspecified atom stereocenters. The molecule has 2 aromatic heterocycles. The van der Waals surface area contributed by atoms with Crippen LogP contribution in [0.3, 0.4) is 0 Å². The lowest BCUT2D eigenvalue weighted by Crippen LogP contribution is -2.55. The fraction of sp³-hybridized carbons (Fsp3) is 0.370. The highest BCUT2D eigenvalue weighted by molar-refractivity contribution is 5.69. The topological polar surface area (TPSA) is 111 Å². The van der Waals surface area contributed by atoms with Gasteiger partial charge in [0.05, 0.1) is 53.0 Å². The monoisotopic (exact) mass is 510 g/mol. The Morgan fingerprint density at radius 2 is 1.86 bits per heavy atom. The van der Waals surface area contributed by atoms with E-state index in [4.69, 9.17) is 5.73 Å². The summed E-state index contributed by atoms with van der Waals surface area (Å²) in [6.07, 6.45) is 2.70. The third-order valence-electron chi connectivity index (χ3n) is 6.74. The Morgan fingerprint density at radius 3 is 2.51 bits per heavy atom. The average molecular weight is 511 g/mol. The van der Waals surface area contributed by atoms with Crippen LogP contribution in [0, 0.1) is 34.7 Å². The van der Waals surface area contributed by atoms with E-state index in [1.54, 1.807) is 26.2 Å². The van der Waals surface area contributed by atoms with Gasteiger partial charge in [0, 0.05) is 31.2 Å². The molecule has 1 saturated heterocycles. The summed E-state index contributed by atoms with van der Waals surface area (Å²) in [5.74, 6) is -2.89. The van der Waals surface area contributed by atoms with Crippen LogP contribution in [0.1, 0.15) is 32.0 Å². The van der Waals surface area contributed by atoms with E-state index in [0.717, 1.165) is 23.9 Å². The van der Waals surface area contributed by atoms with Gasteiger partial charge in [0.2, 0.25) is 0 Å². The van der Waals surface area contributed by atoms with Gasteiger partial charge >= 0.3 is 0 Å². The van der Waals surface area contributed by atoms with Crippen LogP contribution in [0.4, 0.5) is 24.5 Å². The first-order valence-electron chi connectivity index (χ1n) is 11.9. The molecule has 1 aliphatic heterocycles. The number of nitrogens with zero attached hydrogens (tertiary/aromatic N) is 4. The summed E-state index contributed by atoms with van der Waals surface area (Å²) in [6.45, 7) is 6.20. The average Bonchev–Trinajstić information content (AvgIpc) is 2.87. The maximum absolute atomic E-state index is 15.0. The van der Waals surface area contributed by atoms with Crippen molar-refractivity contribution in [2.75, 3.05) is 23.3 Å². The fourth-order valence-electron chi connectivity index (χ4n) is 4.48. The molecule has 1 aliphatic rings. The molecule has 0 amide bonds. The van der Waals surface area contributed by atoms with Crippen molar-refractivity contribution in [3.05, 3.63) is 71.4 Å². The van der Waals surface area contributed by atoms with Crippen molar-refractivity contribution >= 4 is 11.4 Å². The number of hydrogen-bond donors (Lipinski definition) is 3. The van der Waals surface area contributed by atoms with Crippen LogP contribution >= 0.6 is 0 Å². The molecule has 3 atom stereocenters. The predicted molar refractivity (Wildman–Crippen MR) is 135 cm³/mol. The van der Waals surface area contributed by atoms with Crippen LogP contribution in [-0.4, -0.2) is 40.3 Å². The number of aromatic nitrogens is 2. The number of nitriles is 1. The zero-order valence-electron chi connectivity index (χ0n) is 20.8. The van der Waals surface area contributed by atoms with Gasteiger partial charge < -0.3 is 21.1 Å². The molecule has 0 radical (unpaired) electrons. The standard InChI is InChI=1S/C27H29F3N6O/c1-15-12-36(13-21(32)26(15)37)23-6-7-33-11-22(23)34-10-17-4-5-18(28)25(35-17)24-19(29)8-16(9-20(24)30)27(2,3)14-31/h4-9,11,15,21,26,34,37H,10,12-13,32H2,1-3H3. The number of piperidine rings is 1. The van der Waals surface area contributed by atoms with E-state index < -0.39 is 46.3 Å². The zero-order chi connectivity index (χ0) is 26.9. The number of benzene rings is 1. The summed E-state index contributed by atoms with van der Waals surface area (Å²) in [5.41, 5.74) is 5.96. The van der Waals surface area contributed by atoms with Crippen LogP contribution in [0.5, 0.6) is 0 Å². The summed E-state index contributed by atoms with van der Waals surface area (Å²) in [5, 5.41) is 22.7. The smallest absolute Gasteiger partial charge is 0.149 e. The maximum Gasteiger partial charge on any atom is 0.149 e. The Labute approximate surface area is 213 Å². The number of hydrogen-bond acceptors (Lipinski definition) is 7. The third-order valence-corrected chi connectivity index (χ3v) is 6.74. The van der Waals surface area contributed by atoms with Crippen LogP contribution in [-0.2, 0) is 12.0 Å². The van der Waals surface area contributed by atoms with Crippen LogP contribution in [0.2, 0.25) is 0 Å². The summed E-state index contributed by atoms with van der Waals surface area (Å²) in [7, 11) is 0. The molecule has 1 aromatic carbocycles. The molecule has 10 heteroatoms. The Bertz CT molecular complexity index is 1310. The highest BCUT2D eigenvalue weighted by Gasteiger charge is 2.32. The van der Waals surface area contributed by atoms with E-state index in [-0.39, 0.29) is 18.0 Å². The lowest BCUT2D eigenvalue weighted by Gasteiger charge is -2.40. The van der Waals surface area contributed by atoms with Gasteiger partial charge in [-0.3, -0.25) is 4.98 Å². The van der Waals surface area contributed by atoms with E-state index in [2.05, 4.69) is 20.2 Å². The molecule has 7 nitrogen and oxygen atoms in total. The maximum atomic E-state index is 15.0. The van der Waals surface area contributed by atoms with Gasteiger partial charge in [0.25, 0.3) is 0 Å². The predicted octanol–water partition coefficient (Wildman–Crippen LogP) is 4.12. The second kappa shape index (κ2) is 10.4. The van der Waals surface area contributed by atoms with Gasteiger partial charge in [-0.15, -0.1) is 0 Å². The van der Waals surface area contributed by atoms with Gasteiger partial charge in [-0.05, 0) is 49.7 Å². The van der Waals surface area contributed by atoms with Crippen molar-refractivity contribution in [1.29, 1.82) is 5.26 Å². The molecule has 0 spiro atoms. The highest BCUT2D eigenvalue weighted by atomic mass is 19.1. The molecular formula is C27H29F3N6O. The van der Waals surface area contributed by atoms with Crippen molar-refractivity contribution < 1.29 is 18.3 Å². The van der Waals surface area contributed by atoms with Crippen molar-refractivity contribution in [2.45, 2.75) is 44.9 Å². The van der Waals surface area contributed by atoms with Crippen LogP contribution in [0.15, 0.2) is 42.7 Å². The minimum absolute atomic E-state index is 0.0268. The molecule has 0 aliphatic carbocycles. The lowest BCUT2D eigenvalue weighted by molar-refractivity contribution is 0.0785. The van der Waals surface area contributed by atoms with Crippen molar-refractivity contribution in [3.63, 3.8) is 0 Å². The number of halogens is 3. The number of rotatable bonds is 6. The van der Waals surface area contributed by atoms with Gasteiger partial charge in [-0.2, -0.15) is 5.26 Å². The quantitative estimate of drug-likeness (QED) is 0.458. The summed E-state index contributed by atoms with van der Waals surface area (Å²) in [4.78, 5) is 10.4. The van der Waals surface area contributed by atoms with E-state index in [1.165, 1.54) is 6.07 Å². The van der Waals surface area contributed by atoms with E-state index in [1.807, 2.05) is 19.1 Å². The number of nitrogens with one attached hydrogen (secondary N) is 1. The van der Waals surface area contributed by atoms with E-state index >= 15 is 0 Å². The van der Waals surface area contributed by atoms with Gasteiger partial charge in [0.1, 0.15) is 23.1 Å². The van der Waals surface area contributed by atoms with Crippen molar-refractivity contribution in [2.24, 2.45) is 11.7 Å². The van der Waals surface area contributed by atoms with Crippen LogP contribution < -0.4 is 16.0 Å². The molecule has 194 valence electrons. The molecule has 4 rings (SSSR count). The largest absolute Gasteiger partial charge is 0.391 e. The fourth-order valence-corrected chi connectivity index (χ4v) is 4.48. The first-order chi connectivity index (χ1) is 17.5. The molecule has 0 bridgehead atoms. The third kappa shape index (κ3) is 5.38.